The SMILES string of the molecule is CCCN(CC(=O)N(Cc1ccco1)C[C@@H]1CCCO1)C(=O)c1ccc(C)cc1. The molecule has 2 amide bonds. The van der Waals surface area contributed by atoms with Gasteiger partial charge in [-0.2, -0.15) is 0 Å². The summed E-state index contributed by atoms with van der Waals surface area (Å²) in [6.07, 6.45) is 4.40. The number of hydrogen-bond acceptors (Lipinski definition) is 4. The average molecular weight is 399 g/mol. The predicted molar refractivity (Wildman–Crippen MR) is 110 cm³/mol. The van der Waals surface area contributed by atoms with Crippen LogP contribution in [-0.2, 0) is 16.1 Å². The molecule has 3 rings (SSSR count). The Morgan fingerprint density at radius 3 is 2.55 bits per heavy atom. The number of rotatable bonds is 9. The third-order valence-corrected chi connectivity index (χ3v) is 5.13. The highest BCUT2D eigenvalue weighted by Gasteiger charge is 2.26. The van der Waals surface area contributed by atoms with Gasteiger partial charge in [0.2, 0.25) is 5.91 Å². The van der Waals surface area contributed by atoms with Gasteiger partial charge in [-0.1, -0.05) is 24.6 Å². The fourth-order valence-corrected chi connectivity index (χ4v) is 3.54. The lowest BCUT2D eigenvalue weighted by Crippen LogP contribution is -2.45. The first kappa shape index (κ1) is 21.1. The fourth-order valence-electron chi connectivity index (χ4n) is 3.54. The summed E-state index contributed by atoms with van der Waals surface area (Å²) in [4.78, 5) is 29.5. The Morgan fingerprint density at radius 1 is 1.14 bits per heavy atom. The van der Waals surface area contributed by atoms with Gasteiger partial charge in [0.1, 0.15) is 12.3 Å². The van der Waals surface area contributed by atoms with Gasteiger partial charge in [-0.3, -0.25) is 9.59 Å². The van der Waals surface area contributed by atoms with Crippen LogP contribution >= 0.6 is 0 Å². The number of benzene rings is 1. The average Bonchev–Trinajstić information content (AvgIpc) is 3.41. The molecule has 6 nitrogen and oxygen atoms in total. The second kappa shape index (κ2) is 10.3. The molecule has 1 aliphatic heterocycles. The number of furan rings is 1. The van der Waals surface area contributed by atoms with Crippen LogP contribution in [0, 0.1) is 6.92 Å². The Labute approximate surface area is 172 Å². The van der Waals surface area contributed by atoms with Gasteiger partial charge in [0.05, 0.1) is 18.9 Å². The molecule has 0 radical (unpaired) electrons. The molecule has 0 bridgehead atoms. The molecule has 1 aromatic heterocycles. The molecule has 0 N–H and O–H groups in total. The van der Waals surface area contributed by atoms with Crippen molar-refractivity contribution >= 4 is 11.8 Å². The van der Waals surface area contributed by atoms with Crippen molar-refractivity contribution in [3.05, 3.63) is 59.5 Å². The van der Waals surface area contributed by atoms with Gasteiger partial charge >= 0.3 is 0 Å². The van der Waals surface area contributed by atoms with Crippen LogP contribution in [0.25, 0.3) is 0 Å². The summed E-state index contributed by atoms with van der Waals surface area (Å²) >= 11 is 0. The first-order valence-electron chi connectivity index (χ1n) is 10.3. The lowest BCUT2D eigenvalue weighted by atomic mass is 10.1. The molecule has 1 saturated heterocycles. The number of amides is 2. The molecule has 1 aromatic carbocycles. The van der Waals surface area contributed by atoms with Gasteiger partial charge in [0.15, 0.2) is 0 Å². The highest BCUT2D eigenvalue weighted by atomic mass is 16.5. The maximum absolute atomic E-state index is 13.2. The molecule has 2 heterocycles. The van der Waals surface area contributed by atoms with Crippen molar-refractivity contribution in [2.45, 2.75) is 45.8 Å². The van der Waals surface area contributed by atoms with Gasteiger partial charge in [-0.15, -0.1) is 0 Å². The van der Waals surface area contributed by atoms with E-state index in [4.69, 9.17) is 9.15 Å². The standard InChI is InChI=1S/C23H30N2O4/c1-3-12-24(23(27)19-10-8-18(2)9-11-19)17-22(26)25(15-20-6-4-13-28-20)16-21-7-5-14-29-21/h4,6,8-11,13,21H,3,5,7,12,14-17H2,1-2H3/t21-/m0/s1. The number of carbonyl (C=O) groups excluding carboxylic acids is 2. The largest absolute Gasteiger partial charge is 0.467 e. The van der Waals surface area contributed by atoms with Gasteiger partial charge in [-0.05, 0) is 50.5 Å². The van der Waals surface area contributed by atoms with E-state index in [1.54, 1.807) is 16.1 Å². The van der Waals surface area contributed by atoms with Crippen LogP contribution in [0.15, 0.2) is 47.1 Å². The Morgan fingerprint density at radius 2 is 1.93 bits per heavy atom. The topological polar surface area (TPSA) is 63.0 Å². The molecule has 0 saturated carbocycles. The summed E-state index contributed by atoms with van der Waals surface area (Å²) in [5.74, 6) is 0.518. The number of aryl methyl sites for hydroxylation is 1. The molecule has 1 atom stereocenters. The Kier molecular flexibility index (Phi) is 7.47. The van der Waals surface area contributed by atoms with E-state index in [0.29, 0.717) is 25.2 Å². The molecular weight excluding hydrogens is 368 g/mol. The number of ether oxygens (including phenoxy) is 1. The lowest BCUT2D eigenvalue weighted by molar-refractivity contribution is -0.134. The van der Waals surface area contributed by atoms with Crippen LogP contribution in [0.2, 0.25) is 0 Å². The van der Waals surface area contributed by atoms with Crippen LogP contribution < -0.4 is 0 Å². The summed E-state index contributed by atoms with van der Waals surface area (Å²) in [7, 11) is 0. The summed E-state index contributed by atoms with van der Waals surface area (Å²) in [6, 6.07) is 11.1. The zero-order valence-corrected chi connectivity index (χ0v) is 17.3. The summed E-state index contributed by atoms with van der Waals surface area (Å²) in [5, 5.41) is 0. The Hall–Kier alpha value is -2.60. The van der Waals surface area contributed by atoms with E-state index in [1.807, 2.05) is 50.2 Å². The third-order valence-electron chi connectivity index (χ3n) is 5.13. The van der Waals surface area contributed by atoms with Gasteiger partial charge in [0.25, 0.3) is 5.91 Å². The van der Waals surface area contributed by atoms with Gasteiger partial charge in [-0.25, -0.2) is 0 Å². The van der Waals surface area contributed by atoms with E-state index < -0.39 is 0 Å². The van der Waals surface area contributed by atoms with Crippen molar-refractivity contribution in [3.8, 4) is 0 Å². The quantitative estimate of drug-likeness (QED) is 0.647. The maximum Gasteiger partial charge on any atom is 0.254 e. The van der Waals surface area contributed by atoms with Gasteiger partial charge < -0.3 is 19.0 Å². The second-order valence-electron chi connectivity index (χ2n) is 7.58. The molecule has 0 unspecified atom stereocenters. The zero-order valence-electron chi connectivity index (χ0n) is 17.3. The molecule has 2 aromatic rings. The monoisotopic (exact) mass is 398 g/mol. The molecule has 1 aliphatic rings. The van der Waals surface area contributed by atoms with Crippen LogP contribution in [0.1, 0.15) is 47.9 Å². The fraction of sp³-hybridized carbons (Fsp3) is 0.478. The predicted octanol–water partition coefficient (Wildman–Crippen LogP) is 3.65. The number of nitrogens with zero attached hydrogens (tertiary/aromatic N) is 2. The minimum absolute atomic E-state index is 0.0429. The molecule has 6 heteroatoms. The lowest BCUT2D eigenvalue weighted by Gasteiger charge is -2.28. The smallest absolute Gasteiger partial charge is 0.254 e. The first-order valence-corrected chi connectivity index (χ1v) is 10.3. The number of hydrogen-bond donors (Lipinski definition) is 0. The molecule has 29 heavy (non-hydrogen) atoms. The van der Waals surface area contributed by atoms with Gasteiger partial charge in [0, 0.05) is 25.3 Å². The van der Waals surface area contributed by atoms with E-state index in [0.717, 1.165) is 37.2 Å². The molecule has 0 aliphatic carbocycles. The first-order chi connectivity index (χ1) is 14.1. The van der Waals surface area contributed by atoms with Crippen LogP contribution in [0.4, 0.5) is 0 Å². The molecular formula is C23H30N2O4. The van der Waals surface area contributed by atoms with Crippen molar-refractivity contribution in [2.75, 3.05) is 26.2 Å². The van der Waals surface area contributed by atoms with Crippen molar-refractivity contribution < 1.29 is 18.7 Å². The summed E-state index contributed by atoms with van der Waals surface area (Å²) in [6.45, 7) is 6.21. The Balaban J connectivity index is 1.71. The minimum atomic E-state index is -0.115. The van der Waals surface area contributed by atoms with Crippen molar-refractivity contribution in [3.63, 3.8) is 0 Å². The highest BCUT2D eigenvalue weighted by molar-refractivity contribution is 5.96. The van der Waals surface area contributed by atoms with Crippen molar-refractivity contribution in [1.82, 2.24) is 9.80 Å². The van der Waals surface area contributed by atoms with Crippen molar-refractivity contribution in [2.24, 2.45) is 0 Å². The van der Waals surface area contributed by atoms with E-state index in [9.17, 15) is 9.59 Å². The zero-order chi connectivity index (χ0) is 20.6. The summed E-state index contributed by atoms with van der Waals surface area (Å²) in [5.41, 5.74) is 1.70. The van der Waals surface area contributed by atoms with Crippen LogP contribution in [0.5, 0.6) is 0 Å². The van der Waals surface area contributed by atoms with E-state index in [1.165, 1.54) is 0 Å². The van der Waals surface area contributed by atoms with Crippen LogP contribution in [0.3, 0.4) is 0 Å². The molecule has 156 valence electrons. The normalized spacial score (nSPS) is 16.0. The third kappa shape index (κ3) is 5.94. The number of carbonyl (C=O) groups is 2. The maximum atomic E-state index is 13.2. The molecule has 0 spiro atoms. The Bertz CT molecular complexity index is 780. The van der Waals surface area contributed by atoms with E-state index in [-0.39, 0.29) is 24.5 Å². The van der Waals surface area contributed by atoms with Crippen LogP contribution in [-0.4, -0.2) is 54.0 Å². The highest BCUT2D eigenvalue weighted by Crippen LogP contribution is 2.16. The molecule has 1 fully saturated rings. The van der Waals surface area contributed by atoms with E-state index >= 15 is 0 Å². The minimum Gasteiger partial charge on any atom is -0.467 e. The summed E-state index contributed by atoms with van der Waals surface area (Å²) < 4.78 is 11.2. The van der Waals surface area contributed by atoms with E-state index in [2.05, 4.69) is 0 Å². The second-order valence-corrected chi connectivity index (χ2v) is 7.58. The van der Waals surface area contributed by atoms with Crippen molar-refractivity contribution in [1.29, 1.82) is 0 Å².